The van der Waals surface area contributed by atoms with Crippen LogP contribution in [-0.2, 0) is 14.3 Å². The second-order valence-electron chi connectivity index (χ2n) is 6.21. The van der Waals surface area contributed by atoms with Crippen molar-refractivity contribution >= 4 is 5.97 Å². The summed E-state index contributed by atoms with van der Waals surface area (Å²) in [5.74, 6) is -0.625. The zero-order valence-electron chi connectivity index (χ0n) is 12.7. The van der Waals surface area contributed by atoms with Crippen molar-refractivity contribution in [2.45, 2.75) is 51.8 Å². The summed E-state index contributed by atoms with van der Waals surface area (Å²) >= 11 is 0. The molecule has 2 rings (SSSR count). The number of aliphatic carboxylic acids is 1. The van der Waals surface area contributed by atoms with Crippen molar-refractivity contribution in [3.63, 3.8) is 0 Å². The number of carbonyl (C=O) groups is 1. The fraction of sp³-hybridized carbons (Fsp3) is 0.933. The van der Waals surface area contributed by atoms with Crippen molar-refractivity contribution in [3.05, 3.63) is 0 Å². The molecule has 2 saturated heterocycles. The molecule has 4 unspecified atom stereocenters. The van der Waals surface area contributed by atoms with Crippen LogP contribution in [0.4, 0.5) is 0 Å². The summed E-state index contributed by atoms with van der Waals surface area (Å²) in [7, 11) is 0. The van der Waals surface area contributed by atoms with Gasteiger partial charge in [0.2, 0.25) is 0 Å². The van der Waals surface area contributed by atoms with Gasteiger partial charge in [-0.05, 0) is 25.3 Å². The van der Waals surface area contributed by atoms with Gasteiger partial charge in [0.1, 0.15) is 0 Å². The maximum absolute atomic E-state index is 11.4. The fourth-order valence-electron chi connectivity index (χ4n) is 3.44. The molecule has 2 fully saturated rings. The summed E-state index contributed by atoms with van der Waals surface area (Å²) in [6, 6.07) is 0.420. The molecule has 2 aliphatic heterocycles. The van der Waals surface area contributed by atoms with Gasteiger partial charge < -0.3 is 14.6 Å². The van der Waals surface area contributed by atoms with Crippen molar-refractivity contribution in [1.82, 2.24) is 4.90 Å². The van der Waals surface area contributed by atoms with Crippen LogP contribution in [0, 0.1) is 11.8 Å². The first-order chi connectivity index (χ1) is 9.54. The number of carboxylic acid groups (broad SMARTS) is 1. The molecule has 0 spiro atoms. The Balaban J connectivity index is 2.05. The Bertz CT molecular complexity index is 334. The van der Waals surface area contributed by atoms with Crippen molar-refractivity contribution in [2.75, 3.05) is 26.4 Å². The highest BCUT2D eigenvalue weighted by atomic mass is 16.5. The van der Waals surface area contributed by atoms with Gasteiger partial charge in [-0.2, -0.15) is 0 Å². The number of hydrogen-bond acceptors (Lipinski definition) is 4. The van der Waals surface area contributed by atoms with Gasteiger partial charge >= 0.3 is 5.97 Å². The van der Waals surface area contributed by atoms with Crippen LogP contribution in [0.15, 0.2) is 0 Å². The van der Waals surface area contributed by atoms with Crippen LogP contribution in [0.25, 0.3) is 0 Å². The first kappa shape index (κ1) is 15.7. The molecule has 0 aromatic rings. The zero-order chi connectivity index (χ0) is 14.7. The molecule has 4 atom stereocenters. The van der Waals surface area contributed by atoms with E-state index in [1.807, 2.05) is 0 Å². The van der Waals surface area contributed by atoms with Crippen LogP contribution in [0.1, 0.15) is 33.6 Å². The maximum atomic E-state index is 11.4. The molecule has 0 aromatic heterocycles. The molecular formula is C15H27NO4. The molecule has 0 aliphatic carbocycles. The monoisotopic (exact) mass is 285 g/mol. The molecule has 2 heterocycles. The molecule has 20 heavy (non-hydrogen) atoms. The molecule has 0 saturated carbocycles. The highest BCUT2D eigenvalue weighted by molar-refractivity contribution is 5.71. The SMILES string of the molecule is CCN(C1CCOC(C(C)C)C1)C1COCC1C(=O)O. The highest BCUT2D eigenvalue weighted by Gasteiger charge is 2.41. The van der Waals surface area contributed by atoms with E-state index in [2.05, 4.69) is 25.7 Å². The predicted octanol–water partition coefficient (Wildman–Crippen LogP) is 1.61. The number of ether oxygens (including phenoxy) is 2. The smallest absolute Gasteiger partial charge is 0.310 e. The second kappa shape index (κ2) is 6.87. The third-order valence-electron chi connectivity index (χ3n) is 4.66. The lowest BCUT2D eigenvalue weighted by atomic mass is 9.91. The standard InChI is InChI=1S/C15H27NO4/c1-4-16(13-9-19-8-12(13)15(17)18)11-5-6-20-14(7-11)10(2)3/h10-14H,4-9H2,1-3H3,(H,17,18). The van der Waals surface area contributed by atoms with Gasteiger partial charge in [0.25, 0.3) is 0 Å². The predicted molar refractivity (Wildman–Crippen MR) is 75.7 cm³/mol. The van der Waals surface area contributed by atoms with Crippen LogP contribution in [0.3, 0.4) is 0 Å². The summed E-state index contributed by atoms with van der Waals surface area (Å²) in [4.78, 5) is 13.7. The minimum atomic E-state index is -0.738. The van der Waals surface area contributed by atoms with E-state index in [0.29, 0.717) is 25.2 Å². The molecule has 0 amide bonds. The van der Waals surface area contributed by atoms with E-state index in [-0.39, 0.29) is 12.1 Å². The molecule has 0 aromatic carbocycles. The Morgan fingerprint density at radius 2 is 2.15 bits per heavy atom. The van der Waals surface area contributed by atoms with Crippen LogP contribution in [0.2, 0.25) is 0 Å². The van der Waals surface area contributed by atoms with Gasteiger partial charge in [-0.3, -0.25) is 9.69 Å². The molecule has 0 radical (unpaired) electrons. The van der Waals surface area contributed by atoms with Crippen LogP contribution >= 0.6 is 0 Å². The van der Waals surface area contributed by atoms with Gasteiger partial charge in [-0.25, -0.2) is 0 Å². The third kappa shape index (κ3) is 3.32. The van der Waals surface area contributed by atoms with Crippen molar-refractivity contribution in [1.29, 1.82) is 0 Å². The number of rotatable bonds is 5. The maximum Gasteiger partial charge on any atom is 0.310 e. The molecule has 0 bridgehead atoms. The minimum absolute atomic E-state index is 0.00779. The Kier molecular flexibility index (Phi) is 5.41. The topological polar surface area (TPSA) is 59.0 Å². The van der Waals surface area contributed by atoms with E-state index >= 15 is 0 Å². The Morgan fingerprint density at radius 3 is 2.75 bits per heavy atom. The van der Waals surface area contributed by atoms with Crippen LogP contribution in [0.5, 0.6) is 0 Å². The summed E-state index contributed by atoms with van der Waals surface area (Å²) in [5.41, 5.74) is 0. The van der Waals surface area contributed by atoms with E-state index in [1.54, 1.807) is 0 Å². The van der Waals surface area contributed by atoms with Gasteiger partial charge in [-0.15, -0.1) is 0 Å². The van der Waals surface area contributed by atoms with Crippen LogP contribution < -0.4 is 0 Å². The number of carboxylic acids is 1. The Labute approximate surface area is 121 Å². The van der Waals surface area contributed by atoms with Gasteiger partial charge in [0.05, 0.1) is 25.2 Å². The summed E-state index contributed by atoms with van der Waals surface area (Å²) in [6.45, 7) is 8.99. The van der Waals surface area contributed by atoms with Crippen molar-refractivity contribution in [2.24, 2.45) is 11.8 Å². The molecule has 5 nitrogen and oxygen atoms in total. The van der Waals surface area contributed by atoms with E-state index < -0.39 is 11.9 Å². The Hall–Kier alpha value is -0.650. The third-order valence-corrected chi connectivity index (χ3v) is 4.66. The first-order valence-electron chi connectivity index (χ1n) is 7.72. The van der Waals surface area contributed by atoms with Crippen molar-refractivity contribution < 1.29 is 19.4 Å². The quantitative estimate of drug-likeness (QED) is 0.831. The molecule has 5 heteroatoms. The van der Waals surface area contributed by atoms with E-state index in [9.17, 15) is 9.90 Å². The molecule has 2 aliphatic rings. The lowest BCUT2D eigenvalue weighted by molar-refractivity contribution is -0.144. The van der Waals surface area contributed by atoms with Crippen LogP contribution in [-0.4, -0.2) is 60.5 Å². The Morgan fingerprint density at radius 1 is 1.40 bits per heavy atom. The average molecular weight is 285 g/mol. The van der Waals surface area contributed by atoms with E-state index in [1.165, 1.54) is 0 Å². The molecule has 116 valence electrons. The fourth-order valence-corrected chi connectivity index (χ4v) is 3.44. The summed E-state index contributed by atoms with van der Waals surface area (Å²) < 4.78 is 11.3. The van der Waals surface area contributed by atoms with Gasteiger partial charge in [0, 0.05) is 18.7 Å². The van der Waals surface area contributed by atoms with Gasteiger partial charge in [-0.1, -0.05) is 20.8 Å². The molecular weight excluding hydrogens is 258 g/mol. The second-order valence-corrected chi connectivity index (χ2v) is 6.21. The lowest BCUT2D eigenvalue weighted by Gasteiger charge is -2.41. The van der Waals surface area contributed by atoms with Gasteiger partial charge in [0.15, 0.2) is 0 Å². The normalized spacial score (nSPS) is 34.9. The highest BCUT2D eigenvalue weighted by Crippen LogP contribution is 2.29. The first-order valence-corrected chi connectivity index (χ1v) is 7.72. The number of hydrogen-bond donors (Lipinski definition) is 1. The summed E-state index contributed by atoms with van der Waals surface area (Å²) in [6.07, 6.45) is 2.27. The minimum Gasteiger partial charge on any atom is -0.481 e. The average Bonchev–Trinajstić information content (AvgIpc) is 2.89. The largest absolute Gasteiger partial charge is 0.481 e. The van der Waals surface area contributed by atoms with E-state index in [4.69, 9.17) is 9.47 Å². The summed E-state index contributed by atoms with van der Waals surface area (Å²) in [5, 5.41) is 9.34. The molecule has 1 N–H and O–H groups in total. The zero-order valence-corrected chi connectivity index (χ0v) is 12.7. The number of nitrogens with zero attached hydrogens (tertiary/aromatic N) is 1. The number of likely N-dealkylation sites (N-methyl/N-ethyl adjacent to an activating group) is 1. The van der Waals surface area contributed by atoms with E-state index in [0.717, 1.165) is 26.0 Å². The van der Waals surface area contributed by atoms with Crippen molar-refractivity contribution in [3.8, 4) is 0 Å². The lowest BCUT2D eigenvalue weighted by Crippen LogP contribution is -2.52.